The van der Waals surface area contributed by atoms with E-state index in [4.69, 9.17) is 23.7 Å². The Hall–Kier alpha value is -3.53. The molecule has 2 aromatic carbocycles. The number of nitriles is 1. The van der Waals surface area contributed by atoms with Gasteiger partial charge in [0.1, 0.15) is 11.8 Å². The van der Waals surface area contributed by atoms with Gasteiger partial charge in [0.15, 0.2) is 23.0 Å². The predicted octanol–water partition coefficient (Wildman–Crippen LogP) is 4.62. The molecule has 7 heteroatoms. The van der Waals surface area contributed by atoms with E-state index < -0.39 is 0 Å². The van der Waals surface area contributed by atoms with E-state index in [0.29, 0.717) is 40.5 Å². The van der Waals surface area contributed by atoms with Crippen LogP contribution in [0.1, 0.15) is 36.3 Å². The monoisotopic (exact) mass is 450 g/mol. The van der Waals surface area contributed by atoms with E-state index in [9.17, 15) is 5.26 Å². The number of hydrogen-bond donors (Lipinski definition) is 0. The molecule has 0 aliphatic carbocycles. The number of allylic oxidation sites excluding steroid dienone is 2. The number of nitrogens with zero attached hydrogens (tertiary/aromatic N) is 2. The molecule has 0 N–H and O–H groups in total. The fourth-order valence-corrected chi connectivity index (χ4v) is 5.23. The molecular weight excluding hydrogens is 420 g/mol. The van der Waals surface area contributed by atoms with Crippen LogP contribution in [0, 0.1) is 11.3 Å². The fourth-order valence-electron chi connectivity index (χ4n) is 5.23. The second-order valence-corrected chi connectivity index (χ2v) is 8.15. The van der Waals surface area contributed by atoms with Gasteiger partial charge in [0.2, 0.25) is 5.75 Å². The third-order valence-corrected chi connectivity index (χ3v) is 6.69. The molecule has 0 bridgehead atoms. The maximum atomic E-state index is 10.3. The van der Waals surface area contributed by atoms with Crippen molar-refractivity contribution in [1.82, 2.24) is 4.90 Å². The summed E-state index contributed by atoms with van der Waals surface area (Å²) in [5.41, 5.74) is 3.57. The summed E-state index contributed by atoms with van der Waals surface area (Å²) in [4.78, 5) is 2.26. The van der Waals surface area contributed by atoms with Gasteiger partial charge >= 0.3 is 0 Å². The molecule has 4 rings (SSSR count). The summed E-state index contributed by atoms with van der Waals surface area (Å²) in [5.74, 6) is 3.00. The summed E-state index contributed by atoms with van der Waals surface area (Å²) >= 11 is 0. The Bertz CT molecular complexity index is 1100. The van der Waals surface area contributed by atoms with Crippen molar-refractivity contribution in [3.8, 4) is 34.8 Å². The first-order valence-electron chi connectivity index (χ1n) is 11.0. The van der Waals surface area contributed by atoms with Gasteiger partial charge in [-0.1, -0.05) is 12.1 Å². The molecule has 174 valence electrons. The second-order valence-electron chi connectivity index (χ2n) is 8.15. The molecule has 0 amide bonds. The first-order chi connectivity index (χ1) is 16.1. The van der Waals surface area contributed by atoms with E-state index in [0.717, 1.165) is 42.5 Å². The quantitative estimate of drug-likeness (QED) is 0.610. The topological polar surface area (TPSA) is 73.2 Å². The number of fused-ring (bicyclic) bond motifs is 1. The molecule has 0 aromatic heterocycles. The van der Waals surface area contributed by atoms with E-state index >= 15 is 0 Å². The van der Waals surface area contributed by atoms with Crippen LogP contribution in [0.4, 0.5) is 0 Å². The average molecular weight is 451 g/mol. The molecule has 1 saturated heterocycles. The van der Waals surface area contributed by atoms with Gasteiger partial charge in [-0.2, -0.15) is 5.26 Å². The number of benzene rings is 2. The highest BCUT2D eigenvalue weighted by atomic mass is 16.5. The van der Waals surface area contributed by atoms with Gasteiger partial charge in [-0.05, 0) is 43.0 Å². The van der Waals surface area contributed by atoms with Crippen molar-refractivity contribution in [3.63, 3.8) is 0 Å². The molecular formula is C26H30N2O5. The fraction of sp³-hybridized carbons (Fsp3) is 0.423. The summed E-state index contributed by atoms with van der Waals surface area (Å²) in [6.45, 7) is 0.889. The Morgan fingerprint density at radius 3 is 2.18 bits per heavy atom. The van der Waals surface area contributed by atoms with E-state index in [-0.39, 0.29) is 5.92 Å². The van der Waals surface area contributed by atoms with Crippen molar-refractivity contribution in [1.29, 1.82) is 5.26 Å². The molecule has 0 saturated carbocycles. The zero-order valence-corrected chi connectivity index (χ0v) is 19.8. The number of hydrogen-bond acceptors (Lipinski definition) is 7. The van der Waals surface area contributed by atoms with Crippen LogP contribution in [0.15, 0.2) is 36.0 Å². The zero-order valence-electron chi connectivity index (χ0n) is 19.8. The SMILES string of the molecule is COc1ccc(C2=C(C#N)N3CCC[C@@H]3C[C@@H]2c2ccc(OC)c(OC)c2OC)cc1OC. The minimum atomic E-state index is -0.0631. The van der Waals surface area contributed by atoms with E-state index in [1.54, 1.807) is 35.5 Å². The van der Waals surface area contributed by atoms with Crippen molar-refractivity contribution in [3.05, 3.63) is 47.2 Å². The lowest BCUT2D eigenvalue weighted by molar-refractivity contribution is 0.288. The van der Waals surface area contributed by atoms with Crippen molar-refractivity contribution in [2.75, 3.05) is 42.1 Å². The van der Waals surface area contributed by atoms with Crippen LogP contribution < -0.4 is 23.7 Å². The highest BCUT2D eigenvalue weighted by Gasteiger charge is 2.40. The molecule has 0 spiro atoms. The molecule has 2 aromatic rings. The first-order valence-corrected chi connectivity index (χ1v) is 11.0. The zero-order chi connectivity index (χ0) is 23.5. The van der Waals surface area contributed by atoms with Crippen molar-refractivity contribution < 1.29 is 23.7 Å². The Morgan fingerprint density at radius 2 is 1.55 bits per heavy atom. The van der Waals surface area contributed by atoms with Crippen molar-refractivity contribution >= 4 is 5.57 Å². The Kier molecular flexibility index (Phi) is 6.55. The third kappa shape index (κ3) is 3.80. The van der Waals surface area contributed by atoms with Crippen LogP contribution >= 0.6 is 0 Å². The van der Waals surface area contributed by atoms with Crippen molar-refractivity contribution in [2.45, 2.75) is 31.2 Å². The first kappa shape index (κ1) is 22.7. The van der Waals surface area contributed by atoms with Crippen LogP contribution in [0.3, 0.4) is 0 Å². The molecule has 2 aliphatic rings. The summed E-state index contributed by atoms with van der Waals surface area (Å²) in [6, 6.07) is 12.6. The van der Waals surface area contributed by atoms with Gasteiger partial charge in [-0.25, -0.2) is 0 Å². The molecule has 2 aliphatic heterocycles. The van der Waals surface area contributed by atoms with Gasteiger partial charge in [-0.15, -0.1) is 0 Å². The second kappa shape index (κ2) is 9.53. The van der Waals surface area contributed by atoms with Crippen LogP contribution in [0.2, 0.25) is 0 Å². The summed E-state index contributed by atoms with van der Waals surface area (Å²) in [5, 5.41) is 10.3. The minimum Gasteiger partial charge on any atom is -0.493 e. The van der Waals surface area contributed by atoms with Crippen molar-refractivity contribution in [2.24, 2.45) is 0 Å². The lowest BCUT2D eigenvalue weighted by Crippen LogP contribution is -2.35. The summed E-state index contributed by atoms with van der Waals surface area (Å²) in [7, 11) is 8.08. The highest BCUT2D eigenvalue weighted by Crippen LogP contribution is 2.52. The van der Waals surface area contributed by atoms with E-state index in [1.807, 2.05) is 30.3 Å². The molecule has 2 heterocycles. The molecule has 0 unspecified atom stereocenters. The Morgan fingerprint density at radius 1 is 0.848 bits per heavy atom. The highest BCUT2D eigenvalue weighted by molar-refractivity contribution is 5.80. The Balaban J connectivity index is 1.96. The van der Waals surface area contributed by atoms with Gasteiger partial charge in [-0.3, -0.25) is 0 Å². The van der Waals surface area contributed by atoms with E-state index in [2.05, 4.69) is 11.0 Å². The smallest absolute Gasteiger partial charge is 0.203 e. The molecule has 0 radical (unpaired) electrons. The largest absolute Gasteiger partial charge is 0.493 e. The van der Waals surface area contributed by atoms with Crippen LogP contribution in [-0.4, -0.2) is 53.0 Å². The standard InChI is InChI=1S/C26H30N2O5/c1-29-21-10-8-16(13-23(21)31-3)24-19(14-17-7-6-12-28(17)20(24)15-27)18-9-11-22(30-2)26(33-5)25(18)32-4/h8-11,13,17,19H,6-7,12,14H2,1-5H3/t17-,19-/m1/s1. The van der Waals surface area contributed by atoms with Gasteiger partial charge < -0.3 is 28.6 Å². The summed E-state index contributed by atoms with van der Waals surface area (Å²) < 4.78 is 28.0. The number of rotatable bonds is 7. The number of methoxy groups -OCH3 is 5. The van der Waals surface area contributed by atoms with E-state index in [1.165, 1.54) is 0 Å². The third-order valence-electron chi connectivity index (χ3n) is 6.69. The predicted molar refractivity (Wildman–Crippen MR) is 125 cm³/mol. The molecule has 7 nitrogen and oxygen atoms in total. The average Bonchev–Trinajstić information content (AvgIpc) is 3.34. The van der Waals surface area contributed by atoms with Gasteiger partial charge in [0.05, 0.1) is 35.5 Å². The van der Waals surface area contributed by atoms with Crippen LogP contribution in [0.5, 0.6) is 28.7 Å². The van der Waals surface area contributed by atoms with Crippen LogP contribution in [0.25, 0.3) is 5.57 Å². The lowest BCUT2D eigenvalue weighted by Gasteiger charge is -2.38. The van der Waals surface area contributed by atoms with Crippen LogP contribution in [-0.2, 0) is 0 Å². The molecule has 33 heavy (non-hydrogen) atoms. The van der Waals surface area contributed by atoms with Gasteiger partial charge in [0.25, 0.3) is 0 Å². The lowest BCUT2D eigenvalue weighted by atomic mass is 9.77. The van der Waals surface area contributed by atoms with Gasteiger partial charge in [0, 0.05) is 29.6 Å². The molecule has 1 fully saturated rings. The number of ether oxygens (including phenoxy) is 5. The normalized spacial score (nSPS) is 19.6. The summed E-state index contributed by atoms with van der Waals surface area (Å²) in [6.07, 6.45) is 3.02. The minimum absolute atomic E-state index is 0.0631. The maximum Gasteiger partial charge on any atom is 0.203 e. The maximum absolute atomic E-state index is 10.3. The Labute approximate surface area is 195 Å². The molecule has 2 atom stereocenters.